The van der Waals surface area contributed by atoms with E-state index in [4.69, 9.17) is 14.7 Å². The number of pyridine rings is 1. The molecule has 0 amide bonds. The Morgan fingerprint density at radius 3 is 2.43 bits per heavy atom. The minimum Gasteiger partial charge on any atom is -0.489 e. The predicted octanol–water partition coefficient (Wildman–Crippen LogP) is 3.92. The number of H-pyrrole nitrogens is 1. The fraction of sp³-hybridized carbons (Fsp3) is 0.250. The van der Waals surface area contributed by atoms with Crippen LogP contribution in [0.3, 0.4) is 0 Å². The molecule has 6 nitrogen and oxygen atoms in total. The molecule has 2 aromatic heterocycles. The third-order valence-electron chi connectivity index (χ3n) is 5.42. The number of aromatic nitrogens is 3. The third kappa shape index (κ3) is 4.00. The largest absolute Gasteiger partial charge is 0.489 e. The molecule has 1 aliphatic heterocycles. The van der Waals surface area contributed by atoms with E-state index in [1.807, 2.05) is 30.3 Å². The van der Waals surface area contributed by atoms with E-state index in [0.29, 0.717) is 6.61 Å². The maximum Gasteiger partial charge on any atom is 0.160 e. The predicted molar refractivity (Wildman–Crippen MR) is 120 cm³/mol. The van der Waals surface area contributed by atoms with Gasteiger partial charge in [0.1, 0.15) is 29.5 Å². The Labute approximate surface area is 175 Å². The average Bonchev–Trinajstić information content (AvgIpc) is 3.23. The summed E-state index contributed by atoms with van der Waals surface area (Å²) in [4.78, 5) is 15.2. The maximum atomic E-state index is 5.91. The van der Waals surface area contributed by atoms with Gasteiger partial charge in [-0.25, -0.2) is 9.97 Å². The number of ether oxygens (including phenoxy) is 1. The van der Waals surface area contributed by atoms with Crippen LogP contribution >= 0.6 is 0 Å². The van der Waals surface area contributed by atoms with Crippen LogP contribution in [0.2, 0.25) is 0 Å². The third-order valence-corrected chi connectivity index (χ3v) is 5.42. The number of fused-ring (bicyclic) bond motifs is 1. The lowest BCUT2D eigenvalue weighted by Gasteiger charge is -2.28. The summed E-state index contributed by atoms with van der Waals surface area (Å²) < 4.78 is 5.91. The first-order valence-corrected chi connectivity index (χ1v) is 10.4. The van der Waals surface area contributed by atoms with Crippen molar-refractivity contribution in [3.05, 3.63) is 71.8 Å². The number of benzene rings is 2. The molecule has 3 heterocycles. The van der Waals surface area contributed by atoms with Crippen molar-refractivity contribution in [3.8, 4) is 17.1 Å². The topological polar surface area (TPSA) is 66.1 Å². The molecule has 5 rings (SSSR count). The van der Waals surface area contributed by atoms with Crippen molar-refractivity contribution in [2.24, 2.45) is 0 Å². The van der Waals surface area contributed by atoms with E-state index in [1.54, 1.807) is 0 Å². The molecule has 30 heavy (non-hydrogen) atoms. The van der Waals surface area contributed by atoms with Crippen molar-refractivity contribution >= 4 is 17.0 Å². The lowest BCUT2D eigenvalue weighted by Crippen LogP contribution is -2.43. The Hall–Kier alpha value is -3.38. The zero-order valence-corrected chi connectivity index (χ0v) is 17.1. The summed E-state index contributed by atoms with van der Waals surface area (Å²) in [7, 11) is 0. The van der Waals surface area contributed by atoms with Crippen molar-refractivity contribution in [2.75, 3.05) is 31.1 Å². The first-order chi connectivity index (χ1) is 14.7. The van der Waals surface area contributed by atoms with Gasteiger partial charge in [0.25, 0.3) is 0 Å². The summed E-state index contributed by atoms with van der Waals surface area (Å²) in [5, 5.41) is 3.37. The summed E-state index contributed by atoms with van der Waals surface area (Å²) in [5.41, 5.74) is 5.13. The minimum absolute atomic E-state index is 0.559. The number of nitrogens with one attached hydrogen (secondary N) is 2. The van der Waals surface area contributed by atoms with Gasteiger partial charge in [-0.15, -0.1) is 0 Å². The minimum atomic E-state index is 0.559. The fourth-order valence-electron chi connectivity index (χ4n) is 3.65. The normalized spacial score (nSPS) is 14.2. The number of aryl methyl sites for hydroxylation is 1. The molecule has 4 aromatic rings. The van der Waals surface area contributed by atoms with E-state index < -0.39 is 0 Å². The summed E-state index contributed by atoms with van der Waals surface area (Å²) >= 11 is 0. The van der Waals surface area contributed by atoms with Crippen LogP contribution in [-0.4, -0.2) is 41.1 Å². The van der Waals surface area contributed by atoms with Crippen LogP contribution in [-0.2, 0) is 6.61 Å². The van der Waals surface area contributed by atoms with Gasteiger partial charge in [-0.1, -0.05) is 29.8 Å². The molecule has 152 valence electrons. The van der Waals surface area contributed by atoms with Gasteiger partial charge in [0, 0.05) is 31.7 Å². The lowest BCUT2D eigenvalue weighted by atomic mass is 10.2. The number of aromatic amines is 1. The molecule has 0 aliphatic carbocycles. The smallest absolute Gasteiger partial charge is 0.160 e. The molecule has 6 heteroatoms. The molecule has 1 saturated heterocycles. The Bertz CT molecular complexity index is 1130. The Morgan fingerprint density at radius 1 is 0.900 bits per heavy atom. The number of hydrogen-bond acceptors (Lipinski definition) is 5. The van der Waals surface area contributed by atoms with E-state index in [9.17, 15) is 0 Å². The number of imidazole rings is 1. The van der Waals surface area contributed by atoms with E-state index >= 15 is 0 Å². The van der Waals surface area contributed by atoms with Gasteiger partial charge in [-0.2, -0.15) is 0 Å². The van der Waals surface area contributed by atoms with Gasteiger partial charge in [-0.3, -0.25) is 0 Å². The molecule has 0 spiro atoms. The molecular weight excluding hydrogens is 374 g/mol. The maximum absolute atomic E-state index is 5.91. The standard InChI is InChI=1S/C24H25N5O/c1-17-2-4-18(5-3-17)16-30-20-8-6-19(7-9-20)23-26-21-10-11-22(27-24(21)28-23)29-14-12-25-13-15-29/h2-11,25H,12-16H2,1H3,(H,26,27,28). The van der Waals surface area contributed by atoms with Crippen molar-refractivity contribution in [3.63, 3.8) is 0 Å². The van der Waals surface area contributed by atoms with Gasteiger partial charge in [0.15, 0.2) is 5.65 Å². The molecule has 1 fully saturated rings. The highest BCUT2D eigenvalue weighted by atomic mass is 16.5. The molecule has 0 atom stereocenters. The lowest BCUT2D eigenvalue weighted by molar-refractivity contribution is 0.306. The van der Waals surface area contributed by atoms with Crippen LogP contribution in [0.1, 0.15) is 11.1 Å². The van der Waals surface area contributed by atoms with E-state index in [0.717, 1.165) is 65.9 Å². The summed E-state index contributed by atoms with van der Waals surface area (Å²) in [5.74, 6) is 2.66. The highest BCUT2D eigenvalue weighted by molar-refractivity contribution is 5.77. The van der Waals surface area contributed by atoms with Crippen molar-refractivity contribution in [1.82, 2.24) is 20.3 Å². The summed E-state index contributed by atoms with van der Waals surface area (Å²) in [6, 6.07) is 20.5. The van der Waals surface area contributed by atoms with Crippen LogP contribution in [0, 0.1) is 6.92 Å². The summed E-state index contributed by atoms with van der Waals surface area (Å²) in [6.45, 7) is 6.58. The first kappa shape index (κ1) is 18.6. The molecule has 0 radical (unpaired) electrons. The summed E-state index contributed by atoms with van der Waals surface area (Å²) in [6.07, 6.45) is 0. The monoisotopic (exact) mass is 399 g/mol. The van der Waals surface area contributed by atoms with Crippen LogP contribution in [0.4, 0.5) is 5.82 Å². The van der Waals surface area contributed by atoms with Crippen LogP contribution in [0.5, 0.6) is 5.75 Å². The Balaban J connectivity index is 1.30. The number of rotatable bonds is 5. The molecule has 0 saturated carbocycles. The number of nitrogens with zero attached hydrogens (tertiary/aromatic N) is 3. The second-order valence-corrected chi connectivity index (χ2v) is 7.66. The number of anilines is 1. The highest BCUT2D eigenvalue weighted by Gasteiger charge is 2.14. The zero-order chi connectivity index (χ0) is 20.3. The first-order valence-electron chi connectivity index (χ1n) is 10.4. The Kier molecular flexibility index (Phi) is 5.07. The van der Waals surface area contributed by atoms with Crippen LogP contribution in [0.25, 0.3) is 22.6 Å². The highest BCUT2D eigenvalue weighted by Crippen LogP contribution is 2.24. The fourth-order valence-corrected chi connectivity index (χ4v) is 3.65. The van der Waals surface area contributed by atoms with Gasteiger partial charge >= 0.3 is 0 Å². The second kappa shape index (κ2) is 8.16. The van der Waals surface area contributed by atoms with E-state index in [1.165, 1.54) is 5.56 Å². The van der Waals surface area contributed by atoms with Crippen LogP contribution in [0.15, 0.2) is 60.7 Å². The van der Waals surface area contributed by atoms with Crippen molar-refractivity contribution in [1.29, 1.82) is 0 Å². The van der Waals surface area contributed by atoms with Gasteiger partial charge in [0.2, 0.25) is 0 Å². The van der Waals surface area contributed by atoms with Crippen molar-refractivity contribution in [2.45, 2.75) is 13.5 Å². The number of piperazine rings is 1. The van der Waals surface area contributed by atoms with E-state index in [2.05, 4.69) is 52.5 Å². The van der Waals surface area contributed by atoms with Crippen LogP contribution < -0.4 is 15.0 Å². The molecule has 2 N–H and O–H groups in total. The van der Waals surface area contributed by atoms with Gasteiger partial charge < -0.3 is 19.9 Å². The molecule has 2 aromatic carbocycles. The average molecular weight is 399 g/mol. The van der Waals surface area contributed by atoms with Gasteiger partial charge in [0.05, 0.1) is 0 Å². The zero-order valence-electron chi connectivity index (χ0n) is 17.1. The molecule has 0 unspecified atom stereocenters. The van der Waals surface area contributed by atoms with Gasteiger partial charge in [-0.05, 0) is 48.9 Å². The molecular formula is C24H25N5O. The molecule has 1 aliphatic rings. The second-order valence-electron chi connectivity index (χ2n) is 7.66. The Morgan fingerprint density at radius 2 is 1.67 bits per heavy atom. The molecule has 0 bridgehead atoms. The van der Waals surface area contributed by atoms with E-state index in [-0.39, 0.29) is 0 Å². The SMILES string of the molecule is Cc1ccc(COc2ccc(-c3nc4ccc(N5CCNCC5)nc4[nH]3)cc2)cc1. The number of hydrogen-bond donors (Lipinski definition) is 2. The van der Waals surface area contributed by atoms with Crippen molar-refractivity contribution < 1.29 is 4.74 Å². The quantitative estimate of drug-likeness (QED) is 0.532.